The topological polar surface area (TPSA) is 96.3 Å². The van der Waals surface area contributed by atoms with Crippen LogP contribution < -0.4 is 9.47 Å². The van der Waals surface area contributed by atoms with Gasteiger partial charge in [-0.15, -0.1) is 0 Å². The minimum atomic E-state index is -1.82. The van der Waals surface area contributed by atoms with Crippen LogP contribution in [0.1, 0.15) is 43.0 Å². The third-order valence-corrected chi connectivity index (χ3v) is 5.48. The molecule has 3 rings (SSSR count). The SMILES string of the molecule is CCOc1cc2c(cc1OCC)C(CCc1ccc(Cl)cc1)N(C)CC2.O=C(O)C(=O)O. The number of halogens is 1. The predicted octanol–water partition coefficient (Wildman–Crippen LogP) is 4.45. The summed E-state index contributed by atoms with van der Waals surface area (Å²) in [7, 11) is 2.21. The van der Waals surface area contributed by atoms with Gasteiger partial charge in [-0.1, -0.05) is 23.7 Å². The summed E-state index contributed by atoms with van der Waals surface area (Å²) in [6.45, 7) is 6.39. The average Bonchev–Trinajstić information content (AvgIpc) is 2.76. The molecule has 0 saturated heterocycles. The van der Waals surface area contributed by atoms with E-state index in [1.807, 2.05) is 26.0 Å². The van der Waals surface area contributed by atoms with Crippen molar-refractivity contribution in [2.75, 3.05) is 26.8 Å². The summed E-state index contributed by atoms with van der Waals surface area (Å²) in [6.07, 6.45) is 3.16. The van der Waals surface area contributed by atoms with Crippen LogP contribution in [-0.4, -0.2) is 53.9 Å². The van der Waals surface area contributed by atoms with Crippen LogP contribution in [0.15, 0.2) is 36.4 Å². The first-order valence-electron chi connectivity index (χ1n) is 10.6. The number of aliphatic carboxylic acids is 2. The maximum Gasteiger partial charge on any atom is 0.414 e. The van der Waals surface area contributed by atoms with E-state index in [0.717, 1.165) is 42.3 Å². The van der Waals surface area contributed by atoms with Crippen LogP contribution in [0.4, 0.5) is 0 Å². The zero-order valence-corrected chi connectivity index (χ0v) is 19.4. The molecule has 0 aromatic heterocycles. The van der Waals surface area contributed by atoms with E-state index in [1.54, 1.807) is 0 Å². The fourth-order valence-electron chi connectivity index (χ4n) is 3.70. The fourth-order valence-corrected chi connectivity index (χ4v) is 3.83. The van der Waals surface area contributed by atoms with Crippen LogP contribution in [0, 0.1) is 0 Å². The van der Waals surface area contributed by atoms with Crippen molar-refractivity contribution in [3.05, 3.63) is 58.1 Å². The highest BCUT2D eigenvalue weighted by Gasteiger charge is 2.26. The summed E-state index contributed by atoms with van der Waals surface area (Å²) in [5, 5.41) is 15.6. The highest BCUT2D eigenvalue weighted by molar-refractivity contribution is 6.30. The quantitative estimate of drug-likeness (QED) is 0.585. The number of rotatable bonds is 7. The zero-order valence-electron chi connectivity index (χ0n) is 18.6. The van der Waals surface area contributed by atoms with Gasteiger partial charge in [0.15, 0.2) is 11.5 Å². The Labute approximate surface area is 193 Å². The summed E-state index contributed by atoms with van der Waals surface area (Å²) < 4.78 is 11.7. The molecule has 1 unspecified atom stereocenters. The minimum Gasteiger partial charge on any atom is -0.490 e. The van der Waals surface area contributed by atoms with Crippen LogP contribution >= 0.6 is 11.6 Å². The van der Waals surface area contributed by atoms with Crippen molar-refractivity contribution >= 4 is 23.5 Å². The summed E-state index contributed by atoms with van der Waals surface area (Å²) in [4.78, 5) is 20.7. The number of carboxylic acid groups (broad SMARTS) is 2. The third-order valence-electron chi connectivity index (χ3n) is 5.23. The molecule has 2 aromatic rings. The molecule has 174 valence electrons. The van der Waals surface area contributed by atoms with Gasteiger partial charge in [-0.05, 0) is 81.1 Å². The highest BCUT2D eigenvalue weighted by atomic mass is 35.5. The lowest BCUT2D eigenvalue weighted by atomic mass is 9.89. The molecule has 7 nitrogen and oxygen atoms in total. The van der Waals surface area contributed by atoms with Crippen molar-refractivity contribution in [3.63, 3.8) is 0 Å². The Morgan fingerprint density at radius 3 is 2.12 bits per heavy atom. The lowest BCUT2D eigenvalue weighted by Crippen LogP contribution is -2.32. The Kier molecular flexibility index (Phi) is 9.81. The lowest BCUT2D eigenvalue weighted by molar-refractivity contribution is -0.159. The van der Waals surface area contributed by atoms with E-state index in [1.165, 1.54) is 16.7 Å². The van der Waals surface area contributed by atoms with Gasteiger partial charge in [0.2, 0.25) is 0 Å². The van der Waals surface area contributed by atoms with Gasteiger partial charge in [-0.3, -0.25) is 4.90 Å². The second-order valence-corrected chi connectivity index (χ2v) is 7.82. The Hall–Kier alpha value is -2.77. The van der Waals surface area contributed by atoms with Crippen LogP contribution in [-0.2, 0) is 22.4 Å². The van der Waals surface area contributed by atoms with Gasteiger partial charge in [0.1, 0.15) is 0 Å². The van der Waals surface area contributed by atoms with E-state index in [2.05, 4.69) is 36.2 Å². The molecule has 0 amide bonds. The normalized spacial score (nSPS) is 15.2. The van der Waals surface area contributed by atoms with Crippen molar-refractivity contribution in [3.8, 4) is 11.5 Å². The molecule has 1 heterocycles. The van der Waals surface area contributed by atoms with Crippen molar-refractivity contribution in [1.82, 2.24) is 4.90 Å². The average molecular weight is 464 g/mol. The van der Waals surface area contributed by atoms with Crippen molar-refractivity contribution in [1.29, 1.82) is 0 Å². The third kappa shape index (κ3) is 7.14. The summed E-state index contributed by atoms with van der Waals surface area (Å²) in [5.41, 5.74) is 4.08. The maximum atomic E-state index is 9.10. The Balaban J connectivity index is 0.000000534. The van der Waals surface area contributed by atoms with E-state index in [0.29, 0.717) is 19.3 Å². The smallest absolute Gasteiger partial charge is 0.414 e. The molecule has 2 N–H and O–H groups in total. The highest BCUT2D eigenvalue weighted by Crippen LogP contribution is 2.39. The number of fused-ring (bicyclic) bond motifs is 1. The molecular weight excluding hydrogens is 434 g/mol. The molecule has 0 radical (unpaired) electrons. The molecule has 1 aliphatic rings. The van der Waals surface area contributed by atoms with Crippen molar-refractivity contribution < 1.29 is 29.3 Å². The molecule has 8 heteroatoms. The van der Waals surface area contributed by atoms with Gasteiger partial charge >= 0.3 is 11.9 Å². The van der Waals surface area contributed by atoms with Crippen molar-refractivity contribution in [2.45, 2.75) is 39.2 Å². The Morgan fingerprint density at radius 2 is 1.59 bits per heavy atom. The summed E-state index contributed by atoms with van der Waals surface area (Å²) in [6, 6.07) is 13.0. The molecule has 2 aromatic carbocycles. The number of hydrogen-bond donors (Lipinski definition) is 2. The van der Waals surface area contributed by atoms with Crippen LogP contribution in [0.25, 0.3) is 0 Å². The first kappa shape index (κ1) is 25.5. The number of hydrogen-bond acceptors (Lipinski definition) is 5. The minimum absolute atomic E-state index is 0.393. The lowest BCUT2D eigenvalue weighted by Gasteiger charge is -2.35. The monoisotopic (exact) mass is 463 g/mol. The second-order valence-electron chi connectivity index (χ2n) is 7.39. The van der Waals surface area contributed by atoms with Gasteiger partial charge in [-0.2, -0.15) is 0 Å². The fraction of sp³-hybridized carbons (Fsp3) is 0.417. The standard InChI is InChI=1S/C22H28ClNO2.C2H2O4/c1-4-25-21-14-17-12-13-24(3)20(19(17)15-22(21)26-5-2)11-8-16-6-9-18(23)10-7-16;3-1(4)2(5)6/h6-7,9-10,14-15,20H,4-5,8,11-13H2,1-3H3;(H,3,4)(H,5,6). The zero-order chi connectivity index (χ0) is 23.7. The number of carbonyl (C=O) groups is 2. The molecule has 0 saturated carbocycles. The molecule has 0 aliphatic carbocycles. The van der Waals surface area contributed by atoms with Gasteiger partial charge < -0.3 is 19.7 Å². The molecule has 1 aliphatic heterocycles. The van der Waals surface area contributed by atoms with Gasteiger partial charge in [-0.25, -0.2) is 9.59 Å². The van der Waals surface area contributed by atoms with Gasteiger partial charge in [0, 0.05) is 17.6 Å². The summed E-state index contributed by atoms with van der Waals surface area (Å²) in [5.74, 6) is -1.92. The van der Waals surface area contributed by atoms with Gasteiger partial charge in [0.05, 0.1) is 13.2 Å². The number of carboxylic acids is 2. The number of benzene rings is 2. The van der Waals surface area contributed by atoms with E-state index < -0.39 is 11.9 Å². The first-order chi connectivity index (χ1) is 15.3. The van der Waals surface area contributed by atoms with Crippen LogP contribution in [0.2, 0.25) is 5.02 Å². The van der Waals surface area contributed by atoms with Crippen LogP contribution in [0.3, 0.4) is 0 Å². The summed E-state index contributed by atoms with van der Waals surface area (Å²) >= 11 is 6.00. The molecule has 0 fully saturated rings. The predicted molar refractivity (Wildman–Crippen MR) is 123 cm³/mol. The first-order valence-corrected chi connectivity index (χ1v) is 11.0. The molecule has 1 atom stereocenters. The van der Waals surface area contributed by atoms with E-state index >= 15 is 0 Å². The van der Waals surface area contributed by atoms with Gasteiger partial charge in [0.25, 0.3) is 0 Å². The Morgan fingerprint density at radius 1 is 1.03 bits per heavy atom. The molecule has 0 bridgehead atoms. The van der Waals surface area contributed by atoms with Crippen LogP contribution in [0.5, 0.6) is 11.5 Å². The van der Waals surface area contributed by atoms with Crippen molar-refractivity contribution in [2.24, 2.45) is 0 Å². The number of ether oxygens (including phenoxy) is 2. The Bertz CT molecular complexity index is 903. The maximum absolute atomic E-state index is 9.10. The molecule has 0 spiro atoms. The molecule has 32 heavy (non-hydrogen) atoms. The second kappa shape index (κ2) is 12.3. The van der Waals surface area contributed by atoms with E-state index in [9.17, 15) is 0 Å². The largest absolute Gasteiger partial charge is 0.490 e. The van der Waals surface area contributed by atoms with E-state index in [4.69, 9.17) is 40.9 Å². The van der Waals surface area contributed by atoms with E-state index in [-0.39, 0.29) is 0 Å². The number of nitrogens with zero attached hydrogens (tertiary/aromatic N) is 1. The number of likely N-dealkylation sites (N-methyl/N-ethyl adjacent to an activating group) is 1. The number of aryl methyl sites for hydroxylation is 1. The molecular formula is C24H30ClNO6.